The second-order valence-electron chi connectivity index (χ2n) is 3.36. The van der Waals surface area contributed by atoms with Gasteiger partial charge in [0.05, 0.1) is 9.77 Å². The number of hydrogen-bond acceptors (Lipinski definition) is 2. The highest BCUT2D eigenvalue weighted by Crippen LogP contribution is 2.28. The van der Waals surface area contributed by atoms with Crippen molar-refractivity contribution in [3.8, 4) is 0 Å². The number of anilines is 1. The van der Waals surface area contributed by atoms with Crippen molar-refractivity contribution >= 4 is 28.4 Å². The molecule has 0 saturated heterocycles. The van der Waals surface area contributed by atoms with E-state index in [0.717, 1.165) is 21.9 Å². The first-order chi connectivity index (χ1) is 5.77. The maximum atomic E-state index is 5.82. The van der Waals surface area contributed by atoms with E-state index in [1.54, 1.807) is 0 Å². The lowest BCUT2D eigenvalue weighted by molar-refractivity contribution is 0.268. The molecule has 4 heteroatoms. The van der Waals surface area contributed by atoms with Gasteiger partial charge in [0.1, 0.15) is 5.82 Å². The molecule has 3 nitrogen and oxygen atoms in total. The monoisotopic (exact) mass is 277 g/mol. The third-order valence-electron chi connectivity index (χ3n) is 2.49. The Morgan fingerprint density at radius 3 is 2.83 bits per heavy atom. The molecule has 0 bridgehead atoms. The fourth-order valence-electron chi connectivity index (χ4n) is 1.44. The van der Waals surface area contributed by atoms with Crippen LogP contribution in [0.3, 0.4) is 0 Å². The molecule has 0 spiro atoms. The Bertz CT molecular complexity index is 278. The summed E-state index contributed by atoms with van der Waals surface area (Å²) in [6.07, 6.45) is 5.89. The van der Waals surface area contributed by atoms with Crippen molar-refractivity contribution in [1.29, 1.82) is 0 Å². The average molecular weight is 277 g/mol. The van der Waals surface area contributed by atoms with Crippen LogP contribution in [0.2, 0.25) is 0 Å². The Hall–Kier alpha value is -0.260. The van der Waals surface area contributed by atoms with Gasteiger partial charge in [0.15, 0.2) is 0 Å². The zero-order chi connectivity index (χ0) is 8.55. The minimum Gasteiger partial charge on any atom is -0.383 e. The molecule has 1 aliphatic carbocycles. The van der Waals surface area contributed by atoms with Gasteiger partial charge in [-0.3, -0.25) is 0 Å². The lowest BCUT2D eigenvalue weighted by Gasteiger charge is -2.25. The number of hydrogen-bond donors (Lipinski definition) is 1. The van der Waals surface area contributed by atoms with Gasteiger partial charge in [-0.05, 0) is 41.4 Å². The van der Waals surface area contributed by atoms with Crippen LogP contribution in [-0.4, -0.2) is 9.78 Å². The summed E-state index contributed by atoms with van der Waals surface area (Å²) >= 11 is 2.21. The molecule has 12 heavy (non-hydrogen) atoms. The number of nitrogens with two attached hydrogens (primary N) is 1. The summed E-state index contributed by atoms with van der Waals surface area (Å²) in [5, 5.41) is 4.22. The van der Waals surface area contributed by atoms with Crippen molar-refractivity contribution in [1.82, 2.24) is 9.78 Å². The van der Waals surface area contributed by atoms with Crippen molar-refractivity contribution in [3.63, 3.8) is 0 Å². The molecular weight excluding hydrogens is 265 g/mol. The minimum atomic E-state index is 0.822. The Morgan fingerprint density at radius 2 is 2.42 bits per heavy atom. The van der Waals surface area contributed by atoms with E-state index >= 15 is 0 Å². The Kier molecular flexibility index (Phi) is 2.25. The van der Waals surface area contributed by atoms with Crippen LogP contribution in [0.25, 0.3) is 0 Å². The molecule has 1 fully saturated rings. The van der Waals surface area contributed by atoms with Gasteiger partial charge in [0.25, 0.3) is 0 Å². The standard InChI is InChI=1S/C8H12IN3/c9-7-4-11-12(8(7)10)5-6-2-1-3-6/h4,6H,1-3,5,10H2. The molecule has 66 valence electrons. The molecule has 0 amide bonds. The molecule has 1 aromatic heterocycles. The maximum absolute atomic E-state index is 5.82. The summed E-state index contributed by atoms with van der Waals surface area (Å²) in [7, 11) is 0. The van der Waals surface area contributed by atoms with Gasteiger partial charge in [-0.25, -0.2) is 4.68 Å². The molecule has 1 aromatic rings. The number of aromatic nitrogens is 2. The van der Waals surface area contributed by atoms with Crippen LogP contribution < -0.4 is 5.73 Å². The molecule has 0 atom stereocenters. The summed E-state index contributed by atoms with van der Waals surface area (Å²) in [5.41, 5.74) is 5.82. The Labute approximate surface area is 85.5 Å². The number of rotatable bonds is 2. The summed E-state index contributed by atoms with van der Waals surface area (Å²) in [6, 6.07) is 0. The van der Waals surface area contributed by atoms with Crippen LogP contribution >= 0.6 is 22.6 Å². The van der Waals surface area contributed by atoms with Gasteiger partial charge in [0, 0.05) is 6.54 Å². The highest BCUT2D eigenvalue weighted by atomic mass is 127. The maximum Gasteiger partial charge on any atom is 0.135 e. The largest absolute Gasteiger partial charge is 0.383 e. The van der Waals surface area contributed by atoms with Crippen LogP contribution in [-0.2, 0) is 6.54 Å². The van der Waals surface area contributed by atoms with Crippen LogP contribution in [0, 0.1) is 9.49 Å². The van der Waals surface area contributed by atoms with Gasteiger partial charge in [0.2, 0.25) is 0 Å². The van der Waals surface area contributed by atoms with Crippen molar-refractivity contribution < 1.29 is 0 Å². The van der Waals surface area contributed by atoms with E-state index in [2.05, 4.69) is 27.7 Å². The molecule has 0 unspecified atom stereocenters. The Morgan fingerprint density at radius 1 is 1.67 bits per heavy atom. The lowest BCUT2D eigenvalue weighted by Crippen LogP contribution is -2.19. The quantitative estimate of drug-likeness (QED) is 0.839. The van der Waals surface area contributed by atoms with Crippen LogP contribution in [0.15, 0.2) is 6.20 Å². The summed E-state index contributed by atoms with van der Waals surface area (Å²) < 4.78 is 2.98. The van der Waals surface area contributed by atoms with Crippen molar-refractivity contribution in [3.05, 3.63) is 9.77 Å². The SMILES string of the molecule is Nc1c(I)cnn1CC1CCC1. The first-order valence-corrected chi connectivity index (χ1v) is 5.32. The van der Waals surface area contributed by atoms with Crippen LogP contribution in [0.1, 0.15) is 19.3 Å². The molecule has 2 N–H and O–H groups in total. The van der Waals surface area contributed by atoms with Gasteiger partial charge in [-0.2, -0.15) is 5.10 Å². The molecule has 0 aromatic carbocycles. The zero-order valence-electron chi connectivity index (χ0n) is 6.83. The van der Waals surface area contributed by atoms with Gasteiger partial charge in [-0.1, -0.05) is 6.42 Å². The second kappa shape index (κ2) is 3.24. The fraction of sp³-hybridized carbons (Fsp3) is 0.625. The lowest BCUT2D eigenvalue weighted by atomic mass is 9.85. The smallest absolute Gasteiger partial charge is 0.135 e. The minimum absolute atomic E-state index is 0.822. The van der Waals surface area contributed by atoms with E-state index in [1.807, 2.05) is 10.9 Å². The number of halogens is 1. The third-order valence-corrected chi connectivity index (χ3v) is 3.32. The van der Waals surface area contributed by atoms with E-state index in [1.165, 1.54) is 19.3 Å². The van der Waals surface area contributed by atoms with Crippen molar-refractivity contribution in [2.24, 2.45) is 5.92 Å². The first kappa shape index (κ1) is 8.34. The van der Waals surface area contributed by atoms with Crippen LogP contribution in [0.4, 0.5) is 5.82 Å². The molecule has 1 heterocycles. The van der Waals surface area contributed by atoms with E-state index in [0.29, 0.717) is 0 Å². The van der Waals surface area contributed by atoms with Crippen LogP contribution in [0.5, 0.6) is 0 Å². The second-order valence-corrected chi connectivity index (χ2v) is 4.52. The summed E-state index contributed by atoms with van der Waals surface area (Å²) in [6.45, 7) is 1.01. The van der Waals surface area contributed by atoms with Gasteiger partial charge >= 0.3 is 0 Å². The third kappa shape index (κ3) is 1.44. The molecular formula is C8H12IN3. The molecule has 0 aliphatic heterocycles. The summed E-state index contributed by atoms with van der Waals surface area (Å²) in [4.78, 5) is 0. The van der Waals surface area contributed by atoms with Crippen molar-refractivity contribution in [2.45, 2.75) is 25.8 Å². The zero-order valence-corrected chi connectivity index (χ0v) is 8.99. The predicted molar refractivity (Wildman–Crippen MR) is 56.7 cm³/mol. The highest BCUT2D eigenvalue weighted by molar-refractivity contribution is 14.1. The van der Waals surface area contributed by atoms with Crippen molar-refractivity contribution in [2.75, 3.05) is 5.73 Å². The molecule has 0 radical (unpaired) electrons. The predicted octanol–water partition coefficient (Wildman–Crippen LogP) is 1.87. The normalized spacial score (nSPS) is 17.8. The van der Waals surface area contributed by atoms with E-state index in [4.69, 9.17) is 5.73 Å². The Balaban J connectivity index is 2.06. The average Bonchev–Trinajstić information content (AvgIpc) is 2.27. The summed E-state index contributed by atoms with van der Waals surface area (Å²) in [5.74, 6) is 1.64. The number of nitrogen functional groups attached to an aromatic ring is 1. The van der Waals surface area contributed by atoms with Gasteiger partial charge < -0.3 is 5.73 Å². The molecule has 1 aliphatic rings. The van der Waals surface area contributed by atoms with E-state index in [9.17, 15) is 0 Å². The highest BCUT2D eigenvalue weighted by Gasteiger charge is 2.19. The van der Waals surface area contributed by atoms with Gasteiger partial charge in [-0.15, -0.1) is 0 Å². The number of nitrogens with zero attached hydrogens (tertiary/aromatic N) is 2. The van der Waals surface area contributed by atoms with E-state index < -0.39 is 0 Å². The molecule has 1 saturated carbocycles. The van der Waals surface area contributed by atoms with E-state index in [-0.39, 0.29) is 0 Å². The fourth-order valence-corrected chi connectivity index (χ4v) is 1.84. The first-order valence-electron chi connectivity index (χ1n) is 4.24. The molecule has 2 rings (SSSR count). The topological polar surface area (TPSA) is 43.8 Å².